The maximum absolute atomic E-state index is 14.6. The predicted molar refractivity (Wildman–Crippen MR) is 599 cm³/mol. The third-order valence-corrected chi connectivity index (χ3v) is 24.3. The van der Waals surface area contributed by atoms with E-state index in [1.165, 1.54) is 6.07 Å². The summed E-state index contributed by atoms with van der Waals surface area (Å²) < 4.78 is 83.5. The zero-order chi connectivity index (χ0) is 112. The molecule has 0 aliphatic carbocycles. The number of benzene rings is 7. The molecule has 0 spiro atoms. The molecule has 0 aliphatic rings. The van der Waals surface area contributed by atoms with E-state index < -0.39 is 34.7 Å². The fraction of sp³-hybridized carbons (Fsp3) is 0.467. The van der Waals surface area contributed by atoms with Gasteiger partial charge in [-0.2, -0.15) is 0 Å². The van der Waals surface area contributed by atoms with Gasteiger partial charge in [-0.15, -0.1) is 0 Å². The Balaban J connectivity index is 0.000000209. The van der Waals surface area contributed by atoms with Crippen molar-refractivity contribution in [2.24, 2.45) is 0 Å². The molecule has 0 saturated carbocycles. The number of hydrogen-bond acceptors (Lipinski definition) is 35. The largest absolute Gasteiger partial charge is 0.503 e. The lowest BCUT2D eigenvalue weighted by Crippen LogP contribution is -2.18. The lowest BCUT2D eigenvalue weighted by atomic mass is 9.95. The molecule has 14 rings (SSSR count). The number of rotatable bonds is 14. The second-order valence-electron chi connectivity index (χ2n) is 43.3. The van der Waals surface area contributed by atoms with Gasteiger partial charge in [0.05, 0.1) is 88.2 Å². The number of aryl methyl sites for hydroxylation is 2. The smallest absolute Gasteiger partial charge is 0.196 e. The normalized spacial score (nSPS) is 12.1. The van der Waals surface area contributed by atoms with Gasteiger partial charge in [0, 0.05) is 76.0 Å². The van der Waals surface area contributed by atoms with Gasteiger partial charge in [0.25, 0.3) is 0 Å². The molecule has 0 radical (unpaired) electrons. The Hall–Kier alpha value is -12.3. The summed E-state index contributed by atoms with van der Waals surface area (Å²) in [5.74, 6) is 3.38. The van der Waals surface area contributed by atoms with Gasteiger partial charge in [0.1, 0.15) is 103 Å². The summed E-state index contributed by atoms with van der Waals surface area (Å²) in [5, 5.41) is 74.8. The lowest BCUT2D eigenvalue weighted by Gasteiger charge is -2.20. The molecule has 798 valence electrons. The van der Waals surface area contributed by atoms with Crippen LogP contribution >= 0.6 is 72.7 Å². The zero-order valence-electron chi connectivity index (χ0n) is 90.1. The van der Waals surface area contributed by atoms with Crippen LogP contribution in [0.1, 0.15) is 280 Å². The van der Waals surface area contributed by atoms with Gasteiger partial charge in [-0.25, -0.2) is 82.9 Å². The molecule has 7 aromatic carbocycles. The lowest BCUT2D eigenvalue weighted by molar-refractivity contribution is 0.228. The number of nitrogens with zero attached hydrogens (tertiary/aromatic N) is 14. The first kappa shape index (κ1) is 120. The van der Waals surface area contributed by atoms with Gasteiger partial charge < -0.3 is 109 Å². The van der Waals surface area contributed by atoms with Crippen LogP contribution in [0.5, 0.6) is 80.5 Å². The Morgan fingerprint density at radius 2 is 0.531 bits per heavy atom. The zero-order valence-corrected chi connectivity index (χ0v) is 96.8. The summed E-state index contributed by atoms with van der Waals surface area (Å²) in [5.41, 5.74) is 43.5. The van der Waals surface area contributed by atoms with Crippen molar-refractivity contribution in [1.82, 2.24) is 69.8 Å². The summed E-state index contributed by atoms with van der Waals surface area (Å²) in [6.45, 7) is 67.5. The van der Waals surface area contributed by atoms with Crippen LogP contribution in [0.4, 0.5) is 53.9 Å². The molecule has 14 aromatic rings. The number of aromatic nitrogens is 14. The van der Waals surface area contributed by atoms with Crippen LogP contribution in [0.2, 0.25) is 5.02 Å². The molecule has 21 N–H and O–H groups in total. The molecule has 147 heavy (non-hydrogen) atoms. The highest BCUT2D eigenvalue weighted by Crippen LogP contribution is 2.50. The third-order valence-electron chi connectivity index (χ3n) is 21.2. The van der Waals surface area contributed by atoms with E-state index in [2.05, 4.69) is 131 Å². The van der Waals surface area contributed by atoms with Crippen LogP contribution in [0, 0.1) is 38.4 Å². The highest BCUT2D eigenvalue weighted by molar-refractivity contribution is 14.1. The average molecular weight is 2350 g/mol. The van der Waals surface area contributed by atoms with Crippen LogP contribution in [0.15, 0.2) is 34.8 Å². The number of fused-ring (bicyclic) bond motifs is 7. The molecule has 0 bridgehead atoms. The van der Waals surface area contributed by atoms with E-state index in [1.54, 1.807) is 72.7 Å². The first-order chi connectivity index (χ1) is 67.4. The first-order valence-corrected chi connectivity index (χ1v) is 50.8. The molecular weight excluding hydrogens is 2210 g/mol. The predicted octanol–water partition coefficient (Wildman–Crippen LogP) is 23.9. The van der Waals surface area contributed by atoms with Crippen LogP contribution in [0.3, 0.4) is 0 Å². The molecule has 0 saturated heterocycles. The van der Waals surface area contributed by atoms with Crippen LogP contribution in [-0.2, 0) is 37.9 Å². The Bertz CT molecular complexity index is 6810. The number of aromatic hydroxyl groups is 7. The topological polar surface area (TPSA) is 569 Å². The fourth-order valence-electron chi connectivity index (χ4n) is 13.8. The number of halogens is 7. The van der Waals surface area contributed by atoms with Crippen molar-refractivity contribution in [2.75, 3.05) is 53.3 Å². The SMILES string of the molecule is CC(C)Oc1cc2c(N)nc(C(C)(C)C)nc2c(Br)c1O.CC(C)Oc1cc2c(N)nc(C(C)(C)C)nc2c(Cl)c1O.CC(C)Oc1cc2c(N)nc(C(C)(C)C)nc2c(F)c1O.CC(C)Oc1cc2c(N)nc(C(C)(C)C)nc2c(I)c1O.CCOc1c(O)c(F)c2nc(C(C)(C)C)nc(N)c2c1C.CCOc1cc2c(N)nc(C(C)(C)C)nc2c(I)c1O.Cc1c(OC(C)C)c(O)c(F)c2nc(C(C)(C)C)nc(N)c12. The van der Waals surface area contributed by atoms with Crippen molar-refractivity contribution >= 4 is 190 Å². The molecule has 7 heterocycles. The Morgan fingerprint density at radius 3 is 0.850 bits per heavy atom. The maximum Gasteiger partial charge on any atom is 0.196 e. The number of hydrogen-bond donors (Lipinski definition) is 14. The van der Waals surface area contributed by atoms with Crippen molar-refractivity contribution in [3.05, 3.63) is 116 Å². The maximum atomic E-state index is 14.6. The van der Waals surface area contributed by atoms with E-state index >= 15 is 0 Å². The highest BCUT2D eigenvalue weighted by Gasteiger charge is 2.34. The quantitative estimate of drug-likeness (QED) is 0.0450. The van der Waals surface area contributed by atoms with E-state index in [1.807, 2.05) is 194 Å². The number of phenolic OH excluding ortho intramolecular Hbond substituents is 7. The van der Waals surface area contributed by atoms with Gasteiger partial charge in [-0.05, 0) is 188 Å². The Labute approximate surface area is 895 Å². The molecule has 0 unspecified atom stereocenters. The summed E-state index contributed by atoms with van der Waals surface area (Å²) in [6.07, 6.45) is -0.613. The number of nitrogen functional groups attached to an aromatic ring is 7. The van der Waals surface area contributed by atoms with Crippen molar-refractivity contribution in [3.63, 3.8) is 0 Å². The Morgan fingerprint density at radius 1 is 0.299 bits per heavy atom. The Kier molecular flexibility index (Phi) is 37.7. The summed E-state index contributed by atoms with van der Waals surface area (Å²) in [6, 6.07) is 8.16. The molecule has 0 fully saturated rings. The molecule has 35 nitrogen and oxygen atoms in total. The standard InChI is InChI=1S/C16H22FN3O2.C15H20BrN3O2.C15H20ClN3O2.2C15H20FN3O2.C15H20IN3O2.C14H18IN3O2/c1-7(2)22-13-8(3)9-11(10(17)12(13)21)19-15(16(4,5)6)20-14(9)18;3*1-7(2)21-9-6-8-11(10(16)12(9)20)18-14(15(3,4)5)19-13(8)17;1-6-21-12-7(2)8-10(9(16)11(12)20)18-14(15(3,4)5)19-13(8)17;1-7(2)21-9-6-8-11(10(16)12(9)20)18-14(15(3,4)5)19-13(8)17;1-5-20-8-6-7-10(9(15)11(8)19)17-13(14(2,3)4)18-12(7)16/h7,21H,1-6H3,(H2,18,19,20);3*6-7,20H,1-5H3,(H2,17,18,19);20H,6H2,1-5H3,(H2,17,18,19);6-7,20H,1-5H3,(H2,17,18,19);6,19H,5H2,1-4H3,(H2,16,17,18). The van der Waals surface area contributed by atoms with Gasteiger partial charge in [-0.1, -0.05) is 157 Å². The van der Waals surface area contributed by atoms with Crippen LogP contribution in [0.25, 0.3) is 76.3 Å². The van der Waals surface area contributed by atoms with Crippen LogP contribution < -0.4 is 73.3 Å². The van der Waals surface area contributed by atoms with Crippen LogP contribution in [-0.4, -0.2) is 149 Å². The van der Waals surface area contributed by atoms with Gasteiger partial charge >= 0.3 is 0 Å². The van der Waals surface area contributed by atoms with E-state index in [0.717, 1.165) is 0 Å². The minimum atomic E-state index is -0.845. The molecule has 7 aromatic heterocycles. The summed E-state index contributed by atoms with van der Waals surface area (Å²) >= 11 is 13.7. The van der Waals surface area contributed by atoms with E-state index in [9.17, 15) is 48.9 Å². The van der Waals surface area contributed by atoms with E-state index in [4.69, 9.17) is 84.9 Å². The molecule has 0 aliphatic heterocycles. The minimum absolute atomic E-state index is 0.000955. The number of nitrogens with two attached hydrogens (primary N) is 7. The average Bonchev–Trinajstić information content (AvgIpc) is 0.730. The first-order valence-electron chi connectivity index (χ1n) is 47.4. The highest BCUT2D eigenvalue weighted by atomic mass is 127. The number of anilines is 7. The molecule has 0 atom stereocenters. The van der Waals surface area contributed by atoms with Gasteiger partial charge in [-0.3, -0.25) is 0 Å². The number of ether oxygens (including phenoxy) is 7. The van der Waals surface area contributed by atoms with Crippen molar-refractivity contribution in [1.29, 1.82) is 0 Å². The van der Waals surface area contributed by atoms with Crippen molar-refractivity contribution < 1.29 is 82.1 Å². The van der Waals surface area contributed by atoms with Crippen molar-refractivity contribution in [2.45, 2.75) is 311 Å². The third kappa shape index (κ3) is 28.0. The summed E-state index contributed by atoms with van der Waals surface area (Å²) in [4.78, 5) is 61.1. The number of phenols is 7. The monoisotopic (exact) mass is 2340 g/mol. The van der Waals surface area contributed by atoms with Gasteiger partial charge in [0.2, 0.25) is 0 Å². The molecule has 0 amide bonds. The second kappa shape index (κ2) is 46.2. The molecule has 42 heteroatoms. The van der Waals surface area contributed by atoms with Gasteiger partial charge in [0.15, 0.2) is 97.9 Å². The second-order valence-corrected chi connectivity index (χ2v) is 46.7. The van der Waals surface area contributed by atoms with E-state index in [-0.39, 0.29) is 153 Å². The summed E-state index contributed by atoms with van der Waals surface area (Å²) in [7, 11) is 0. The van der Waals surface area contributed by atoms with Crippen molar-refractivity contribution in [3.8, 4) is 80.5 Å². The fourth-order valence-corrected chi connectivity index (χ4v) is 15.9. The minimum Gasteiger partial charge on any atom is -0.503 e. The van der Waals surface area contributed by atoms with E-state index in [0.29, 0.717) is 177 Å². The molecular formula is C105H140BrClF3I2N21O14.